The first-order chi connectivity index (χ1) is 5.91. The monoisotopic (exact) mass is 179 g/mol. The second-order valence-electron chi connectivity index (χ2n) is 4.88. The summed E-state index contributed by atoms with van der Waals surface area (Å²) >= 11 is 0. The van der Waals surface area contributed by atoms with Crippen LogP contribution in [0.5, 0.6) is 0 Å². The van der Waals surface area contributed by atoms with Gasteiger partial charge in [-0.3, -0.25) is 0 Å². The van der Waals surface area contributed by atoms with Crippen molar-refractivity contribution in [1.29, 1.82) is 0 Å². The maximum absolute atomic E-state index is 3.33. The Balaban J connectivity index is 2.82. The van der Waals surface area contributed by atoms with Gasteiger partial charge in [-0.05, 0) is 26.2 Å². The van der Waals surface area contributed by atoms with Crippen LogP contribution in [0.15, 0.2) is 23.5 Å². The van der Waals surface area contributed by atoms with Crippen molar-refractivity contribution in [3.8, 4) is 0 Å². The highest BCUT2D eigenvalue weighted by atomic mass is 14.9. The van der Waals surface area contributed by atoms with Crippen LogP contribution in [0.3, 0.4) is 0 Å². The van der Waals surface area contributed by atoms with Crippen LogP contribution in [-0.2, 0) is 0 Å². The van der Waals surface area contributed by atoms with Crippen LogP contribution in [0.1, 0.15) is 41.0 Å². The lowest BCUT2D eigenvalue weighted by Crippen LogP contribution is -2.24. The summed E-state index contributed by atoms with van der Waals surface area (Å²) < 4.78 is 0. The van der Waals surface area contributed by atoms with E-state index in [0.29, 0.717) is 0 Å². The third-order valence-electron chi connectivity index (χ3n) is 2.33. The van der Waals surface area contributed by atoms with Crippen LogP contribution >= 0.6 is 0 Å². The molecule has 0 unspecified atom stereocenters. The average Bonchev–Trinajstić information content (AvgIpc) is 1.77. The van der Waals surface area contributed by atoms with E-state index in [1.165, 1.54) is 17.8 Å². The Kier molecular flexibility index (Phi) is 2.84. The Hall–Kier alpha value is -0.720. The van der Waals surface area contributed by atoms with Crippen molar-refractivity contribution in [1.82, 2.24) is 5.32 Å². The lowest BCUT2D eigenvalue weighted by molar-refractivity contribution is 0.398. The zero-order valence-electron chi connectivity index (χ0n) is 9.44. The molecule has 0 spiro atoms. The molecule has 0 atom stereocenters. The average molecular weight is 179 g/mol. The van der Waals surface area contributed by atoms with Gasteiger partial charge in [-0.1, -0.05) is 32.9 Å². The number of hydrogen-bond donors (Lipinski definition) is 1. The fourth-order valence-electron chi connectivity index (χ4n) is 2.41. The molecule has 74 valence electrons. The van der Waals surface area contributed by atoms with Crippen molar-refractivity contribution < 1.29 is 0 Å². The van der Waals surface area contributed by atoms with Gasteiger partial charge < -0.3 is 5.32 Å². The van der Waals surface area contributed by atoms with E-state index in [1.807, 2.05) is 0 Å². The molecule has 1 nitrogen and oxygen atoms in total. The summed E-state index contributed by atoms with van der Waals surface area (Å²) in [5.41, 5.74) is 2.82. The van der Waals surface area contributed by atoms with Gasteiger partial charge in [0.25, 0.3) is 0 Å². The lowest BCUT2D eigenvalue weighted by Gasteiger charge is -2.30. The molecule has 0 radical (unpaired) electrons. The molecule has 0 saturated heterocycles. The standard InChI is InChI=1S/C12H21N/c1-9(2)6-12(5)7-10(3)13-11(4)8-12/h7-9,13H,6H2,1-5H3. The quantitative estimate of drug-likeness (QED) is 0.684. The zero-order valence-corrected chi connectivity index (χ0v) is 9.44. The van der Waals surface area contributed by atoms with E-state index >= 15 is 0 Å². The maximum atomic E-state index is 3.33. The summed E-state index contributed by atoms with van der Waals surface area (Å²) in [6, 6.07) is 0. The Morgan fingerprint density at radius 2 is 1.69 bits per heavy atom. The number of allylic oxidation sites excluding steroid dienone is 4. The highest BCUT2D eigenvalue weighted by Gasteiger charge is 2.23. The highest BCUT2D eigenvalue weighted by molar-refractivity contribution is 5.24. The van der Waals surface area contributed by atoms with Crippen LogP contribution in [0.25, 0.3) is 0 Å². The first kappa shape index (κ1) is 10.4. The predicted octanol–water partition coefficient (Wildman–Crippen LogP) is 3.45. The van der Waals surface area contributed by atoms with E-state index < -0.39 is 0 Å². The Bertz CT molecular complexity index is 228. The fraction of sp³-hybridized carbons (Fsp3) is 0.667. The third kappa shape index (κ3) is 2.91. The highest BCUT2D eigenvalue weighted by Crippen LogP contribution is 2.33. The van der Waals surface area contributed by atoms with Crippen LogP contribution in [-0.4, -0.2) is 0 Å². The van der Waals surface area contributed by atoms with Gasteiger partial charge in [0.1, 0.15) is 0 Å². The van der Waals surface area contributed by atoms with Gasteiger partial charge in [0.05, 0.1) is 0 Å². The second-order valence-corrected chi connectivity index (χ2v) is 4.88. The van der Waals surface area contributed by atoms with Crippen LogP contribution in [0, 0.1) is 11.3 Å². The van der Waals surface area contributed by atoms with Crippen molar-refractivity contribution in [2.45, 2.75) is 41.0 Å². The number of dihydropyridines is 1. The minimum atomic E-state index is 0.258. The van der Waals surface area contributed by atoms with E-state index in [9.17, 15) is 0 Å². The van der Waals surface area contributed by atoms with Crippen molar-refractivity contribution in [3.63, 3.8) is 0 Å². The molecule has 0 saturated carbocycles. The zero-order chi connectivity index (χ0) is 10.1. The minimum absolute atomic E-state index is 0.258. The molecule has 0 aromatic heterocycles. The maximum Gasteiger partial charge on any atom is 0.00850 e. The van der Waals surface area contributed by atoms with Gasteiger partial charge in [0.2, 0.25) is 0 Å². The van der Waals surface area contributed by atoms with E-state index in [4.69, 9.17) is 0 Å². The van der Waals surface area contributed by atoms with Crippen LogP contribution in [0.4, 0.5) is 0 Å². The fourth-order valence-corrected chi connectivity index (χ4v) is 2.41. The molecule has 0 aromatic rings. The van der Waals surface area contributed by atoms with Crippen molar-refractivity contribution in [3.05, 3.63) is 23.5 Å². The predicted molar refractivity (Wildman–Crippen MR) is 58.2 cm³/mol. The number of rotatable bonds is 2. The van der Waals surface area contributed by atoms with Crippen molar-refractivity contribution in [2.75, 3.05) is 0 Å². The number of nitrogens with one attached hydrogen (secondary N) is 1. The molecule has 1 aliphatic rings. The molecule has 0 aromatic carbocycles. The number of hydrogen-bond acceptors (Lipinski definition) is 1. The van der Waals surface area contributed by atoms with Crippen LogP contribution in [0.2, 0.25) is 0 Å². The largest absolute Gasteiger partial charge is 0.363 e. The van der Waals surface area contributed by atoms with Crippen LogP contribution < -0.4 is 5.32 Å². The summed E-state index contributed by atoms with van der Waals surface area (Å²) in [6.07, 6.45) is 5.89. The van der Waals surface area contributed by atoms with E-state index in [0.717, 1.165) is 5.92 Å². The minimum Gasteiger partial charge on any atom is -0.363 e. The summed E-state index contributed by atoms with van der Waals surface area (Å²) in [7, 11) is 0. The van der Waals surface area contributed by atoms with E-state index in [1.54, 1.807) is 0 Å². The van der Waals surface area contributed by atoms with Gasteiger partial charge in [0, 0.05) is 16.8 Å². The Labute approximate surface area is 81.9 Å². The molecule has 1 heterocycles. The molecule has 0 bridgehead atoms. The summed E-state index contributed by atoms with van der Waals surface area (Å²) in [4.78, 5) is 0. The third-order valence-corrected chi connectivity index (χ3v) is 2.33. The Morgan fingerprint density at radius 1 is 1.23 bits per heavy atom. The first-order valence-corrected chi connectivity index (χ1v) is 5.07. The molecule has 1 rings (SSSR count). The topological polar surface area (TPSA) is 12.0 Å². The first-order valence-electron chi connectivity index (χ1n) is 5.07. The molecule has 1 aliphatic heterocycles. The molecule has 0 fully saturated rings. The lowest BCUT2D eigenvalue weighted by atomic mass is 9.79. The smallest absolute Gasteiger partial charge is 0.00850 e. The SMILES string of the molecule is CC1=CC(C)(CC(C)C)C=C(C)N1. The van der Waals surface area contributed by atoms with Gasteiger partial charge in [-0.15, -0.1) is 0 Å². The summed E-state index contributed by atoms with van der Waals surface area (Å²) in [6.45, 7) is 11.1. The van der Waals surface area contributed by atoms with Gasteiger partial charge in [0.15, 0.2) is 0 Å². The second kappa shape index (κ2) is 3.57. The normalized spacial score (nSPS) is 20.8. The molecule has 1 heteroatoms. The van der Waals surface area contributed by atoms with Gasteiger partial charge in [-0.2, -0.15) is 0 Å². The summed E-state index contributed by atoms with van der Waals surface area (Å²) in [5.74, 6) is 0.746. The molecule has 13 heavy (non-hydrogen) atoms. The molecule has 0 amide bonds. The Morgan fingerprint density at radius 3 is 2.08 bits per heavy atom. The van der Waals surface area contributed by atoms with Gasteiger partial charge >= 0.3 is 0 Å². The molecular weight excluding hydrogens is 158 g/mol. The van der Waals surface area contributed by atoms with Crippen molar-refractivity contribution in [2.24, 2.45) is 11.3 Å². The van der Waals surface area contributed by atoms with Crippen molar-refractivity contribution >= 4 is 0 Å². The van der Waals surface area contributed by atoms with Gasteiger partial charge in [-0.25, -0.2) is 0 Å². The molecule has 1 N–H and O–H groups in total. The van der Waals surface area contributed by atoms with E-state index in [-0.39, 0.29) is 5.41 Å². The van der Waals surface area contributed by atoms with E-state index in [2.05, 4.69) is 52.1 Å². The summed E-state index contributed by atoms with van der Waals surface area (Å²) in [5, 5.41) is 3.33. The molecular formula is C12H21N. The molecule has 0 aliphatic carbocycles.